The quantitative estimate of drug-likeness (QED) is 0.395. The van der Waals surface area contributed by atoms with Crippen molar-refractivity contribution in [3.63, 3.8) is 0 Å². The monoisotopic (exact) mass is 465 g/mol. The second-order valence-corrected chi connectivity index (χ2v) is 7.09. The van der Waals surface area contributed by atoms with Crippen LogP contribution in [-0.2, 0) is 4.79 Å². The summed E-state index contributed by atoms with van der Waals surface area (Å²) >= 11 is 1.88. The third-order valence-corrected chi connectivity index (χ3v) is 6.40. The molecule has 1 aliphatic heterocycles. The Morgan fingerprint density at radius 2 is 1.92 bits per heavy atom. The van der Waals surface area contributed by atoms with Crippen LogP contribution in [0.3, 0.4) is 0 Å². The topological polar surface area (TPSA) is 38.3 Å². The highest BCUT2D eigenvalue weighted by Crippen LogP contribution is 2.38. The number of ether oxygens (including phenoxy) is 1. The molecule has 0 aromatic heterocycles. The van der Waals surface area contributed by atoms with Crippen molar-refractivity contribution in [2.24, 2.45) is 0 Å². The van der Waals surface area contributed by atoms with Gasteiger partial charge in [0.05, 0.1) is 5.69 Å². The summed E-state index contributed by atoms with van der Waals surface area (Å²) in [6, 6.07) is 2.32. The van der Waals surface area contributed by atoms with E-state index in [1.807, 2.05) is 22.6 Å². The molecule has 1 amide bonds. The Hall–Kier alpha value is -1.34. The number of fused-ring (bicyclic) bond motifs is 1. The summed E-state index contributed by atoms with van der Waals surface area (Å²) in [5.74, 6) is -3.16. The Morgan fingerprint density at radius 1 is 1.25 bits per heavy atom. The molecule has 0 aliphatic carbocycles. The molecule has 0 saturated carbocycles. The fourth-order valence-corrected chi connectivity index (χ4v) is 3.49. The molecule has 0 radical (unpaired) electrons. The van der Waals surface area contributed by atoms with Gasteiger partial charge in [-0.15, -0.1) is 9.24 Å². The van der Waals surface area contributed by atoms with Crippen molar-refractivity contribution in [2.45, 2.75) is 20.0 Å². The van der Waals surface area contributed by atoms with Gasteiger partial charge in [-0.1, -0.05) is 0 Å². The van der Waals surface area contributed by atoms with E-state index in [0.29, 0.717) is 8.87 Å². The average Bonchev–Trinajstić information content (AvgIpc) is 2.53. The number of carbonyl (C=O) groups excluding carboxylic acids is 1. The number of hydrogen-bond acceptors (Lipinski definition) is 2. The van der Waals surface area contributed by atoms with Crippen LogP contribution in [-0.4, -0.2) is 12.0 Å². The van der Waals surface area contributed by atoms with Crippen LogP contribution < -0.4 is 15.4 Å². The summed E-state index contributed by atoms with van der Waals surface area (Å²) < 4.78 is 48.9. The lowest BCUT2D eigenvalue weighted by Crippen LogP contribution is -2.34. The van der Waals surface area contributed by atoms with Gasteiger partial charge in [-0.3, -0.25) is 4.79 Å². The van der Waals surface area contributed by atoms with E-state index in [-0.39, 0.29) is 28.1 Å². The first kappa shape index (κ1) is 17.5. The zero-order valence-electron chi connectivity index (χ0n) is 12.6. The molecule has 3 nitrogen and oxygen atoms in total. The lowest BCUT2D eigenvalue weighted by Gasteiger charge is -2.24. The van der Waals surface area contributed by atoms with E-state index in [4.69, 9.17) is 4.74 Å². The summed E-state index contributed by atoms with van der Waals surface area (Å²) in [5, 5.41) is 2.92. The average molecular weight is 465 g/mol. The fourth-order valence-electron chi connectivity index (χ4n) is 2.48. The minimum atomic E-state index is -1.13. The van der Waals surface area contributed by atoms with Crippen molar-refractivity contribution < 1.29 is 22.7 Å². The number of rotatable bonds is 1. The maximum absolute atomic E-state index is 14.5. The molecule has 2 atom stereocenters. The third kappa shape index (κ3) is 2.67. The Balaban J connectivity index is 2.26. The molecule has 0 fully saturated rings. The van der Waals surface area contributed by atoms with Gasteiger partial charge in [0.1, 0.15) is 11.6 Å². The van der Waals surface area contributed by atoms with Gasteiger partial charge in [-0.2, -0.15) is 0 Å². The number of nitrogens with one attached hydrogen (secondary N) is 1. The number of anilines is 1. The zero-order chi connectivity index (χ0) is 17.8. The molecule has 8 heteroatoms. The first-order valence-electron chi connectivity index (χ1n) is 6.96. The molecule has 2 aromatic rings. The van der Waals surface area contributed by atoms with Crippen molar-refractivity contribution in [3.8, 4) is 16.9 Å². The predicted molar refractivity (Wildman–Crippen MR) is 97.3 cm³/mol. The molecule has 0 spiro atoms. The van der Waals surface area contributed by atoms with E-state index >= 15 is 0 Å². The Kier molecular flexibility index (Phi) is 4.51. The molecule has 1 N–H and O–H groups in total. The molecule has 3 rings (SSSR count). The van der Waals surface area contributed by atoms with Gasteiger partial charge in [-0.05, 0) is 47.8 Å². The van der Waals surface area contributed by atoms with E-state index < -0.39 is 29.5 Å². The predicted octanol–water partition coefficient (Wildman–Crippen LogP) is 3.90. The van der Waals surface area contributed by atoms with Crippen LogP contribution >= 0.6 is 31.8 Å². The molecule has 126 valence electrons. The van der Waals surface area contributed by atoms with Gasteiger partial charge in [-0.25, -0.2) is 13.2 Å². The maximum atomic E-state index is 14.5. The molecule has 1 heterocycles. The first-order valence-corrected chi connectivity index (χ1v) is 8.62. The Labute approximate surface area is 152 Å². The fraction of sp³-hybridized carbons (Fsp3) is 0.188. The van der Waals surface area contributed by atoms with E-state index in [1.165, 1.54) is 19.9 Å². The van der Waals surface area contributed by atoms with Crippen molar-refractivity contribution in [2.75, 3.05) is 5.32 Å². The lowest BCUT2D eigenvalue weighted by atomic mass is 10.0. The van der Waals surface area contributed by atoms with E-state index in [1.54, 1.807) is 0 Å². The molecule has 2 unspecified atom stereocenters. The van der Waals surface area contributed by atoms with Crippen molar-refractivity contribution in [1.82, 2.24) is 0 Å². The number of carbonyl (C=O) groups is 1. The van der Waals surface area contributed by atoms with Crippen LogP contribution in [0.1, 0.15) is 12.5 Å². The van der Waals surface area contributed by atoms with E-state index in [9.17, 15) is 18.0 Å². The SMILES string of the molecule is Cc1c(F)c(F)c(-c2cc3c(cc2F)OC(C)C(=O)N3)c(P)c1I. The highest BCUT2D eigenvalue weighted by atomic mass is 127. The van der Waals surface area contributed by atoms with Crippen LogP contribution in [0, 0.1) is 27.9 Å². The number of amides is 1. The van der Waals surface area contributed by atoms with Crippen LogP contribution in [0.25, 0.3) is 11.1 Å². The van der Waals surface area contributed by atoms with Crippen molar-refractivity contribution in [1.29, 1.82) is 0 Å². The minimum absolute atomic E-state index is 0.147. The molecular formula is C16H12F3INO2P. The second kappa shape index (κ2) is 6.19. The maximum Gasteiger partial charge on any atom is 0.265 e. The third-order valence-electron chi connectivity index (χ3n) is 3.85. The zero-order valence-corrected chi connectivity index (χ0v) is 15.9. The number of hydrogen-bond donors (Lipinski definition) is 1. The summed E-state index contributed by atoms with van der Waals surface area (Å²) in [6.07, 6.45) is -0.755. The van der Waals surface area contributed by atoms with Gasteiger partial charge in [0.2, 0.25) is 0 Å². The van der Waals surface area contributed by atoms with Gasteiger partial charge in [0.25, 0.3) is 5.91 Å². The van der Waals surface area contributed by atoms with Crippen molar-refractivity contribution in [3.05, 3.63) is 38.7 Å². The van der Waals surface area contributed by atoms with Gasteiger partial charge >= 0.3 is 0 Å². The van der Waals surface area contributed by atoms with Crippen LogP contribution in [0.15, 0.2) is 12.1 Å². The summed E-state index contributed by atoms with van der Waals surface area (Å²) in [4.78, 5) is 11.7. The number of benzene rings is 2. The smallest absolute Gasteiger partial charge is 0.265 e. The molecule has 2 aromatic carbocycles. The number of halogens is 4. The van der Waals surface area contributed by atoms with Gasteiger partial charge in [0, 0.05) is 26.3 Å². The highest BCUT2D eigenvalue weighted by Gasteiger charge is 2.28. The minimum Gasteiger partial charge on any atom is -0.479 e. The first-order chi connectivity index (χ1) is 11.2. The van der Waals surface area contributed by atoms with E-state index in [0.717, 1.165) is 6.07 Å². The Morgan fingerprint density at radius 3 is 2.58 bits per heavy atom. The molecular weight excluding hydrogens is 453 g/mol. The molecule has 0 bridgehead atoms. The van der Waals surface area contributed by atoms with Gasteiger partial charge < -0.3 is 10.1 Å². The standard InChI is InChI=1S/C16H12F3INO2P/c1-5-12(18)13(19)11(15(24)14(5)20)7-3-9-10(4-8(7)17)23-6(2)16(22)21-9/h3-4,6H,24H2,1-2H3,(H,21,22). The molecule has 0 saturated heterocycles. The normalized spacial score (nSPS) is 16.5. The lowest BCUT2D eigenvalue weighted by molar-refractivity contribution is -0.122. The van der Waals surface area contributed by atoms with Gasteiger partial charge in [0.15, 0.2) is 17.7 Å². The summed E-state index contributed by atoms with van der Waals surface area (Å²) in [5.41, 5.74) is 0.0344. The second-order valence-electron chi connectivity index (χ2n) is 5.43. The highest BCUT2D eigenvalue weighted by molar-refractivity contribution is 14.1. The van der Waals surface area contributed by atoms with Crippen LogP contribution in [0.2, 0.25) is 0 Å². The van der Waals surface area contributed by atoms with Crippen LogP contribution in [0.4, 0.5) is 18.9 Å². The van der Waals surface area contributed by atoms with Crippen molar-refractivity contribution >= 4 is 48.7 Å². The molecule has 24 heavy (non-hydrogen) atoms. The summed E-state index contributed by atoms with van der Waals surface area (Å²) in [7, 11) is 2.31. The van der Waals surface area contributed by atoms with Crippen LogP contribution in [0.5, 0.6) is 5.75 Å². The Bertz CT molecular complexity index is 859. The molecule has 1 aliphatic rings. The largest absolute Gasteiger partial charge is 0.479 e. The van der Waals surface area contributed by atoms with E-state index in [2.05, 4.69) is 14.6 Å². The summed E-state index contributed by atoms with van der Waals surface area (Å²) in [6.45, 7) is 2.98.